The number of primary amides is 1. The van der Waals surface area contributed by atoms with Crippen LogP contribution < -0.4 is 20.9 Å². The van der Waals surface area contributed by atoms with Crippen molar-refractivity contribution in [2.45, 2.75) is 12.6 Å². The average molecular weight is 453 g/mol. The number of aromatic nitrogens is 2. The Morgan fingerprint density at radius 1 is 1.19 bits per heavy atom. The highest BCUT2D eigenvalue weighted by Crippen LogP contribution is 2.34. The van der Waals surface area contributed by atoms with Crippen molar-refractivity contribution in [1.82, 2.24) is 9.55 Å². The number of hydrogen-bond acceptors (Lipinski definition) is 7. The first-order valence-corrected chi connectivity index (χ1v) is 11.1. The van der Waals surface area contributed by atoms with E-state index < -0.39 is 12.0 Å². The standard InChI is InChI=1S/C21H16N4O4S2/c22-19(27)15-8-25(13-4-1-2-5-14(13)29-15)17(26)9-24-11-23-20-18(21(24)28)12(10-31-20)16-6-3-7-30-16/h1-7,10-11,15H,8-9H2,(H2,22,27)/t15-/m0/s1. The van der Waals surface area contributed by atoms with Crippen LogP contribution in [0.2, 0.25) is 0 Å². The molecule has 2 amide bonds. The summed E-state index contributed by atoms with van der Waals surface area (Å²) in [6.07, 6.45) is 0.424. The summed E-state index contributed by atoms with van der Waals surface area (Å²) in [5.74, 6) is -0.630. The Bertz CT molecular complexity index is 1360. The molecule has 1 atom stereocenters. The number of rotatable bonds is 4. The fourth-order valence-corrected chi connectivity index (χ4v) is 5.26. The van der Waals surface area contributed by atoms with Crippen LogP contribution in [0.25, 0.3) is 20.7 Å². The number of para-hydroxylation sites is 2. The van der Waals surface area contributed by atoms with Crippen molar-refractivity contribution in [2.24, 2.45) is 5.73 Å². The number of anilines is 1. The quantitative estimate of drug-likeness (QED) is 0.512. The molecule has 3 aromatic heterocycles. The molecule has 10 heteroatoms. The van der Waals surface area contributed by atoms with Crippen LogP contribution >= 0.6 is 22.7 Å². The van der Waals surface area contributed by atoms with Crippen molar-refractivity contribution in [3.8, 4) is 16.2 Å². The van der Waals surface area contributed by atoms with Gasteiger partial charge in [0.1, 0.15) is 17.1 Å². The molecular weight excluding hydrogens is 436 g/mol. The van der Waals surface area contributed by atoms with Crippen LogP contribution in [-0.4, -0.2) is 34.0 Å². The van der Waals surface area contributed by atoms with Crippen molar-refractivity contribution in [2.75, 3.05) is 11.4 Å². The van der Waals surface area contributed by atoms with Gasteiger partial charge in [-0.15, -0.1) is 22.7 Å². The highest BCUT2D eigenvalue weighted by molar-refractivity contribution is 7.18. The zero-order chi connectivity index (χ0) is 21.5. The maximum atomic E-state index is 13.2. The number of hydrogen-bond donors (Lipinski definition) is 1. The van der Waals surface area contributed by atoms with Gasteiger partial charge in [0.2, 0.25) is 5.91 Å². The molecule has 0 unspecified atom stereocenters. The second-order valence-corrected chi connectivity index (χ2v) is 8.77. The number of nitrogens with zero attached hydrogens (tertiary/aromatic N) is 3. The second kappa shape index (κ2) is 7.64. The van der Waals surface area contributed by atoms with Gasteiger partial charge in [0, 0.05) is 15.8 Å². The number of carbonyl (C=O) groups is 2. The van der Waals surface area contributed by atoms with E-state index in [0.717, 1.165) is 10.4 Å². The van der Waals surface area contributed by atoms with Crippen molar-refractivity contribution >= 4 is 50.4 Å². The lowest BCUT2D eigenvalue weighted by atomic mass is 10.1. The normalized spacial score (nSPS) is 15.5. The van der Waals surface area contributed by atoms with E-state index >= 15 is 0 Å². The van der Waals surface area contributed by atoms with Gasteiger partial charge >= 0.3 is 0 Å². The minimum atomic E-state index is -0.960. The summed E-state index contributed by atoms with van der Waals surface area (Å²) >= 11 is 2.93. The lowest BCUT2D eigenvalue weighted by Gasteiger charge is -2.33. The van der Waals surface area contributed by atoms with Gasteiger partial charge < -0.3 is 15.4 Å². The summed E-state index contributed by atoms with van der Waals surface area (Å²) in [5.41, 5.74) is 6.48. The third kappa shape index (κ3) is 3.39. The lowest BCUT2D eigenvalue weighted by Crippen LogP contribution is -2.50. The monoisotopic (exact) mass is 452 g/mol. The number of ether oxygens (including phenoxy) is 1. The van der Waals surface area contributed by atoms with E-state index in [1.54, 1.807) is 24.3 Å². The van der Waals surface area contributed by atoms with E-state index in [0.29, 0.717) is 21.7 Å². The van der Waals surface area contributed by atoms with Crippen LogP contribution in [0.5, 0.6) is 5.75 Å². The summed E-state index contributed by atoms with van der Waals surface area (Å²) < 4.78 is 6.90. The fourth-order valence-electron chi connectivity index (χ4n) is 3.54. The third-order valence-corrected chi connectivity index (χ3v) is 6.83. The Balaban J connectivity index is 1.51. The number of thiophene rings is 2. The van der Waals surface area contributed by atoms with Gasteiger partial charge in [-0.3, -0.25) is 19.0 Å². The maximum Gasteiger partial charge on any atom is 0.263 e. The van der Waals surface area contributed by atoms with Gasteiger partial charge in [-0.2, -0.15) is 0 Å². The summed E-state index contributed by atoms with van der Waals surface area (Å²) in [4.78, 5) is 45.5. The molecule has 1 aliphatic heterocycles. The van der Waals surface area contributed by atoms with E-state index in [-0.39, 0.29) is 24.6 Å². The number of amides is 2. The van der Waals surface area contributed by atoms with Crippen LogP contribution in [0, 0.1) is 0 Å². The first-order chi connectivity index (χ1) is 15.0. The molecule has 156 valence electrons. The first kappa shape index (κ1) is 19.5. The smallest absolute Gasteiger partial charge is 0.263 e. The van der Waals surface area contributed by atoms with Crippen molar-refractivity contribution in [3.05, 3.63) is 63.8 Å². The zero-order valence-corrected chi connectivity index (χ0v) is 17.7. The van der Waals surface area contributed by atoms with Crippen LogP contribution in [-0.2, 0) is 16.1 Å². The minimum absolute atomic E-state index is 0.0193. The van der Waals surface area contributed by atoms with E-state index in [2.05, 4.69) is 4.98 Å². The Morgan fingerprint density at radius 2 is 2.03 bits per heavy atom. The highest BCUT2D eigenvalue weighted by Gasteiger charge is 2.32. The first-order valence-electron chi connectivity index (χ1n) is 9.39. The van der Waals surface area contributed by atoms with Crippen LogP contribution in [0.4, 0.5) is 5.69 Å². The van der Waals surface area contributed by atoms with Crippen molar-refractivity contribution in [1.29, 1.82) is 0 Å². The molecule has 0 saturated carbocycles. The molecule has 0 spiro atoms. The van der Waals surface area contributed by atoms with Gasteiger partial charge in [-0.1, -0.05) is 18.2 Å². The molecule has 4 aromatic rings. The Kier molecular flexibility index (Phi) is 4.79. The molecule has 0 aliphatic carbocycles. The number of nitrogens with two attached hydrogens (primary N) is 1. The van der Waals surface area contributed by atoms with Crippen LogP contribution in [0.3, 0.4) is 0 Å². The molecule has 0 bridgehead atoms. The van der Waals surface area contributed by atoms with Gasteiger partial charge in [-0.05, 0) is 23.6 Å². The van der Waals surface area contributed by atoms with E-state index in [9.17, 15) is 14.4 Å². The summed E-state index contributed by atoms with van der Waals surface area (Å²) in [6.45, 7) is -0.240. The molecule has 1 aromatic carbocycles. The Labute approximate surface area is 184 Å². The number of carbonyl (C=O) groups excluding carboxylic acids is 2. The SMILES string of the molecule is NC(=O)[C@@H]1CN(C(=O)Cn2cnc3scc(-c4cccs4)c3c2=O)c2ccccc2O1. The Morgan fingerprint density at radius 3 is 2.81 bits per heavy atom. The molecule has 8 nitrogen and oxygen atoms in total. The van der Waals surface area contributed by atoms with Crippen molar-refractivity contribution in [3.63, 3.8) is 0 Å². The number of benzene rings is 1. The van der Waals surface area contributed by atoms with Gasteiger partial charge in [0.15, 0.2) is 6.10 Å². The predicted octanol–water partition coefficient (Wildman–Crippen LogP) is 2.47. The van der Waals surface area contributed by atoms with Gasteiger partial charge in [0.25, 0.3) is 11.5 Å². The molecule has 0 fully saturated rings. The molecular formula is C21H16N4O4S2. The van der Waals surface area contributed by atoms with E-state index in [4.69, 9.17) is 10.5 Å². The molecule has 0 radical (unpaired) electrons. The minimum Gasteiger partial charge on any atom is -0.477 e. The molecule has 2 N–H and O–H groups in total. The Hall–Kier alpha value is -3.50. The summed E-state index contributed by atoms with van der Waals surface area (Å²) in [6, 6.07) is 10.8. The number of fused-ring (bicyclic) bond motifs is 2. The molecule has 5 rings (SSSR count). The van der Waals surface area contributed by atoms with Gasteiger partial charge in [-0.25, -0.2) is 4.98 Å². The van der Waals surface area contributed by atoms with Crippen LogP contribution in [0.15, 0.2) is 58.3 Å². The molecule has 4 heterocycles. The summed E-state index contributed by atoms with van der Waals surface area (Å²) in [5, 5.41) is 4.36. The largest absolute Gasteiger partial charge is 0.477 e. The zero-order valence-electron chi connectivity index (χ0n) is 16.1. The van der Waals surface area contributed by atoms with Crippen molar-refractivity contribution < 1.29 is 14.3 Å². The highest BCUT2D eigenvalue weighted by atomic mass is 32.1. The third-order valence-electron chi connectivity index (χ3n) is 5.05. The van der Waals surface area contributed by atoms with Gasteiger partial charge in [0.05, 0.1) is 23.9 Å². The molecule has 0 saturated heterocycles. The second-order valence-electron chi connectivity index (χ2n) is 6.97. The molecule has 1 aliphatic rings. The maximum absolute atomic E-state index is 13.2. The lowest BCUT2D eigenvalue weighted by molar-refractivity contribution is -0.125. The average Bonchev–Trinajstić information content (AvgIpc) is 3.44. The summed E-state index contributed by atoms with van der Waals surface area (Å²) in [7, 11) is 0. The van der Waals surface area contributed by atoms with E-state index in [1.165, 1.54) is 38.5 Å². The van der Waals surface area contributed by atoms with Crippen LogP contribution in [0.1, 0.15) is 0 Å². The molecule has 31 heavy (non-hydrogen) atoms. The van der Waals surface area contributed by atoms with E-state index in [1.807, 2.05) is 22.9 Å². The predicted molar refractivity (Wildman–Crippen MR) is 120 cm³/mol. The topological polar surface area (TPSA) is 108 Å². The fraction of sp³-hybridized carbons (Fsp3) is 0.143.